The fraction of sp³-hybridized carbons (Fsp3) is 0.208. The van der Waals surface area contributed by atoms with Gasteiger partial charge < -0.3 is 20.6 Å². The van der Waals surface area contributed by atoms with E-state index >= 15 is 0 Å². The third-order valence-corrected chi connectivity index (χ3v) is 6.10. The molecule has 0 aliphatic carbocycles. The Morgan fingerprint density at radius 3 is 2.45 bits per heavy atom. The second kappa shape index (κ2) is 9.70. The SMILES string of the molecule is O=C(c1ccc(F)c(F)c1Nc1ccc(I)cc1F)N1CC([OH2+])(CNCc2ccccc2)C1. The first-order valence-corrected chi connectivity index (χ1v) is 11.3. The number of amides is 1. The van der Waals surface area contributed by atoms with Gasteiger partial charge in [0.2, 0.25) is 5.60 Å². The summed E-state index contributed by atoms with van der Waals surface area (Å²) < 4.78 is 43.4. The summed E-state index contributed by atoms with van der Waals surface area (Å²) in [4.78, 5) is 14.4. The Morgan fingerprint density at radius 2 is 1.76 bits per heavy atom. The summed E-state index contributed by atoms with van der Waals surface area (Å²) in [6.07, 6.45) is 0. The molecule has 9 heteroatoms. The Bertz CT molecular complexity index is 1170. The van der Waals surface area contributed by atoms with Crippen molar-refractivity contribution < 1.29 is 23.1 Å². The summed E-state index contributed by atoms with van der Waals surface area (Å²) in [5.41, 5.74) is -0.402. The maximum absolute atomic E-state index is 14.6. The highest BCUT2D eigenvalue weighted by molar-refractivity contribution is 14.1. The maximum Gasteiger partial charge on any atom is 0.256 e. The molecule has 0 radical (unpaired) electrons. The van der Waals surface area contributed by atoms with Crippen molar-refractivity contribution >= 4 is 39.9 Å². The van der Waals surface area contributed by atoms with Gasteiger partial charge in [0.15, 0.2) is 11.6 Å². The van der Waals surface area contributed by atoms with Crippen molar-refractivity contribution in [3.05, 3.63) is 92.8 Å². The van der Waals surface area contributed by atoms with Crippen LogP contribution in [-0.4, -0.2) is 41.1 Å². The Hall–Kier alpha value is -2.63. The van der Waals surface area contributed by atoms with Gasteiger partial charge in [0.25, 0.3) is 5.91 Å². The number of halogens is 4. The number of anilines is 2. The van der Waals surface area contributed by atoms with Crippen molar-refractivity contribution in [2.75, 3.05) is 25.0 Å². The standard InChI is InChI=1S/C24H21F3IN3O2/c25-18-8-7-17(22(21(18)27)30-20-9-6-16(28)10-19(20)26)23(32)31-13-24(33,14-31)12-29-11-15-4-2-1-3-5-15/h1-10,29-30,33H,11-14H2/p+1. The van der Waals surface area contributed by atoms with Crippen molar-refractivity contribution in [3.8, 4) is 0 Å². The van der Waals surface area contributed by atoms with Gasteiger partial charge in [0.05, 0.1) is 36.6 Å². The molecule has 33 heavy (non-hydrogen) atoms. The van der Waals surface area contributed by atoms with Crippen LogP contribution in [0.4, 0.5) is 24.5 Å². The predicted octanol–water partition coefficient (Wildman–Crippen LogP) is 4.16. The van der Waals surface area contributed by atoms with Gasteiger partial charge >= 0.3 is 0 Å². The summed E-state index contributed by atoms with van der Waals surface area (Å²) in [6, 6.07) is 16.1. The minimum atomic E-state index is -1.26. The van der Waals surface area contributed by atoms with Gasteiger partial charge in [-0.1, -0.05) is 30.3 Å². The molecule has 1 aliphatic rings. The highest BCUT2D eigenvalue weighted by atomic mass is 127. The summed E-state index contributed by atoms with van der Waals surface area (Å²) in [6.45, 7) is 1.27. The molecule has 4 N–H and O–H groups in total. The van der Waals surface area contributed by atoms with Crippen LogP contribution in [0.1, 0.15) is 15.9 Å². The molecule has 1 aliphatic heterocycles. The molecule has 1 saturated heterocycles. The Kier molecular flexibility index (Phi) is 6.91. The first-order chi connectivity index (χ1) is 15.8. The van der Waals surface area contributed by atoms with Gasteiger partial charge in [-0.05, 0) is 58.5 Å². The fourth-order valence-corrected chi connectivity index (χ4v) is 4.18. The molecule has 1 fully saturated rings. The first-order valence-electron chi connectivity index (χ1n) is 10.2. The van der Waals surface area contributed by atoms with Crippen molar-refractivity contribution in [2.24, 2.45) is 0 Å². The molecule has 1 heterocycles. The number of nitrogens with zero attached hydrogens (tertiary/aromatic N) is 1. The number of benzene rings is 3. The third kappa shape index (κ3) is 5.31. The van der Waals surface area contributed by atoms with Crippen molar-refractivity contribution in [2.45, 2.75) is 12.1 Å². The van der Waals surface area contributed by atoms with E-state index in [0.29, 0.717) is 16.7 Å². The number of carbonyl (C=O) groups is 1. The Balaban J connectivity index is 1.45. The lowest BCUT2D eigenvalue weighted by Gasteiger charge is -2.43. The smallest absolute Gasteiger partial charge is 0.256 e. The van der Waals surface area contributed by atoms with Crippen LogP contribution in [0.3, 0.4) is 0 Å². The lowest BCUT2D eigenvalue weighted by Crippen LogP contribution is -2.67. The maximum atomic E-state index is 14.6. The van der Waals surface area contributed by atoms with Crippen molar-refractivity contribution in [3.63, 3.8) is 0 Å². The predicted molar refractivity (Wildman–Crippen MR) is 129 cm³/mol. The van der Waals surface area contributed by atoms with Crippen LogP contribution in [0.2, 0.25) is 0 Å². The topological polar surface area (TPSA) is 67.3 Å². The number of hydrogen-bond donors (Lipinski definition) is 2. The van der Waals surface area contributed by atoms with E-state index in [0.717, 1.165) is 11.6 Å². The molecule has 0 aromatic heterocycles. The van der Waals surface area contributed by atoms with Gasteiger partial charge in [-0.15, -0.1) is 0 Å². The number of hydrogen-bond acceptors (Lipinski definition) is 3. The van der Waals surface area contributed by atoms with Crippen molar-refractivity contribution in [1.82, 2.24) is 10.2 Å². The highest BCUT2D eigenvalue weighted by Crippen LogP contribution is 2.31. The monoisotopic (exact) mass is 568 g/mol. The summed E-state index contributed by atoms with van der Waals surface area (Å²) in [5.74, 6) is -3.61. The molecular formula is C24H22F3IN3O2+. The Labute approximate surface area is 202 Å². The van der Waals surface area contributed by atoms with E-state index < -0.39 is 34.6 Å². The molecule has 0 spiro atoms. The third-order valence-electron chi connectivity index (χ3n) is 5.43. The van der Waals surface area contributed by atoms with Crippen LogP contribution in [0.25, 0.3) is 0 Å². The second-order valence-electron chi connectivity index (χ2n) is 8.06. The molecule has 1 amide bonds. The fourth-order valence-electron chi connectivity index (χ4n) is 3.73. The number of rotatable bonds is 7. The average Bonchev–Trinajstić information content (AvgIpc) is 2.77. The number of carbonyl (C=O) groups excluding carboxylic acids is 1. The van der Waals surface area contributed by atoms with Gasteiger partial charge in [-0.3, -0.25) is 4.79 Å². The zero-order chi connectivity index (χ0) is 23.6. The lowest BCUT2D eigenvalue weighted by molar-refractivity contribution is -0.0787. The second-order valence-corrected chi connectivity index (χ2v) is 9.31. The molecular weight excluding hydrogens is 546 g/mol. The number of likely N-dealkylation sites (tertiary alicyclic amines) is 1. The van der Waals surface area contributed by atoms with E-state index in [-0.39, 0.29) is 24.3 Å². The summed E-state index contributed by atoms with van der Waals surface area (Å²) in [7, 11) is 0. The molecule has 0 atom stereocenters. The van der Waals surface area contributed by atoms with Crippen LogP contribution in [-0.2, 0) is 6.54 Å². The zero-order valence-electron chi connectivity index (χ0n) is 17.5. The largest absolute Gasteiger partial charge is 0.437 e. The van der Waals surface area contributed by atoms with Crippen LogP contribution < -0.4 is 10.6 Å². The van der Waals surface area contributed by atoms with Gasteiger partial charge in [-0.2, -0.15) is 0 Å². The summed E-state index contributed by atoms with van der Waals surface area (Å²) in [5, 5.41) is 14.3. The zero-order valence-corrected chi connectivity index (χ0v) is 19.6. The minimum Gasteiger partial charge on any atom is -0.437 e. The molecule has 3 aromatic carbocycles. The van der Waals surface area contributed by atoms with E-state index in [2.05, 4.69) is 10.6 Å². The normalized spacial score (nSPS) is 14.6. The van der Waals surface area contributed by atoms with Crippen molar-refractivity contribution in [1.29, 1.82) is 0 Å². The van der Waals surface area contributed by atoms with E-state index in [4.69, 9.17) is 5.11 Å². The Morgan fingerprint density at radius 1 is 1.03 bits per heavy atom. The molecule has 3 aromatic rings. The van der Waals surface area contributed by atoms with Crippen LogP contribution in [0.15, 0.2) is 60.7 Å². The van der Waals surface area contributed by atoms with Gasteiger partial charge in [0.1, 0.15) is 5.82 Å². The molecule has 5 nitrogen and oxygen atoms in total. The number of nitrogens with one attached hydrogen (secondary N) is 2. The molecule has 4 rings (SSSR count). The van der Waals surface area contributed by atoms with Crippen LogP contribution >= 0.6 is 22.6 Å². The average molecular weight is 568 g/mol. The van der Waals surface area contributed by atoms with Gasteiger partial charge in [-0.25, -0.2) is 13.2 Å². The van der Waals surface area contributed by atoms with E-state index in [1.807, 2.05) is 52.9 Å². The molecule has 0 saturated carbocycles. The van der Waals surface area contributed by atoms with E-state index in [1.54, 1.807) is 6.07 Å². The highest BCUT2D eigenvalue weighted by Gasteiger charge is 2.48. The minimum absolute atomic E-state index is 0.0717. The molecule has 172 valence electrons. The van der Waals surface area contributed by atoms with E-state index in [1.165, 1.54) is 23.1 Å². The molecule has 0 bridgehead atoms. The summed E-state index contributed by atoms with van der Waals surface area (Å²) >= 11 is 1.93. The quantitative estimate of drug-likeness (QED) is 0.333. The lowest BCUT2D eigenvalue weighted by atomic mass is 9.92. The molecule has 0 unspecified atom stereocenters. The first kappa shape index (κ1) is 23.5. The van der Waals surface area contributed by atoms with Crippen LogP contribution in [0.5, 0.6) is 0 Å². The van der Waals surface area contributed by atoms with E-state index in [9.17, 15) is 18.0 Å². The van der Waals surface area contributed by atoms with Gasteiger partial charge in [0, 0.05) is 10.1 Å². The van der Waals surface area contributed by atoms with Crippen LogP contribution in [0, 0.1) is 21.0 Å².